The quantitative estimate of drug-likeness (QED) is 0.563. The second kappa shape index (κ2) is 8.45. The summed E-state index contributed by atoms with van der Waals surface area (Å²) in [4.78, 5) is 16.5. The van der Waals surface area contributed by atoms with Gasteiger partial charge in [0.2, 0.25) is 0 Å². The number of carbonyl (C=O) groups is 1. The van der Waals surface area contributed by atoms with Crippen LogP contribution >= 0.6 is 11.6 Å². The lowest BCUT2D eigenvalue weighted by Crippen LogP contribution is -2.42. The Balaban J connectivity index is 1.87. The smallest absolute Gasteiger partial charge is 0.349 e. The van der Waals surface area contributed by atoms with Crippen molar-refractivity contribution in [3.05, 3.63) is 63.9 Å². The van der Waals surface area contributed by atoms with Crippen molar-refractivity contribution < 1.29 is 31.1 Å². The molecule has 162 valence electrons. The number of hydrogen-bond donors (Lipinski definition) is 1. The first-order valence-corrected chi connectivity index (χ1v) is 9.56. The van der Waals surface area contributed by atoms with Crippen LogP contribution in [0.4, 0.5) is 26.3 Å². The lowest BCUT2D eigenvalue weighted by Gasteiger charge is -2.32. The molecule has 2 atom stereocenters. The maximum atomic E-state index is 13.2. The monoisotopic (exact) mass is 450 g/mol. The molecule has 1 aliphatic carbocycles. The van der Waals surface area contributed by atoms with E-state index in [-0.39, 0.29) is 10.7 Å². The van der Waals surface area contributed by atoms with Crippen LogP contribution < -0.4 is 5.32 Å². The molecule has 0 saturated heterocycles. The van der Waals surface area contributed by atoms with Crippen molar-refractivity contribution in [2.75, 3.05) is 0 Å². The number of pyridine rings is 1. The summed E-state index contributed by atoms with van der Waals surface area (Å²) in [6, 6.07) is 4.59. The Morgan fingerprint density at radius 2 is 1.70 bits per heavy atom. The Labute approximate surface area is 173 Å². The summed E-state index contributed by atoms with van der Waals surface area (Å²) in [6.07, 6.45) is -6.24. The van der Waals surface area contributed by atoms with Crippen molar-refractivity contribution in [3.8, 4) is 0 Å². The SMILES string of the molecule is O=C(N[C@H]1CCCC[C@H]1c1ncc(C(F)(F)F)cc1Cl)c1ccccc1C(F)(F)F. The molecule has 1 aromatic heterocycles. The largest absolute Gasteiger partial charge is 0.417 e. The molecular weight excluding hydrogens is 434 g/mol. The average Bonchev–Trinajstić information content (AvgIpc) is 2.67. The van der Waals surface area contributed by atoms with Crippen LogP contribution in [0.3, 0.4) is 0 Å². The summed E-state index contributed by atoms with van der Waals surface area (Å²) in [5.74, 6) is -1.40. The van der Waals surface area contributed by atoms with Crippen molar-refractivity contribution in [1.82, 2.24) is 10.3 Å². The van der Waals surface area contributed by atoms with E-state index in [1.807, 2.05) is 0 Å². The van der Waals surface area contributed by atoms with Crippen molar-refractivity contribution in [2.45, 2.75) is 50.0 Å². The van der Waals surface area contributed by atoms with E-state index in [1.165, 1.54) is 12.1 Å². The molecule has 3 nitrogen and oxygen atoms in total. The van der Waals surface area contributed by atoms with Crippen LogP contribution in [0.1, 0.15) is 58.8 Å². The molecule has 1 aromatic carbocycles. The molecule has 0 unspecified atom stereocenters. The highest BCUT2D eigenvalue weighted by Crippen LogP contribution is 2.38. The number of nitrogens with zero attached hydrogens (tertiary/aromatic N) is 1. The zero-order valence-electron chi connectivity index (χ0n) is 15.4. The Kier molecular flexibility index (Phi) is 6.31. The normalized spacial score (nSPS) is 20.1. The van der Waals surface area contributed by atoms with Gasteiger partial charge in [-0.05, 0) is 31.0 Å². The number of rotatable bonds is 3. The zero-order chi connectivity index (χ0) is 22.1. The topological polar surface area (TPSA) is 42.0 Å². The highest BCUT2D eigenvalue weighted by Gasteiger charge is 2.37. The summed E-state index contributed by atoms with van der Waals surface area (Å²) < 4.78 is 78.2. The number of benzene rings is 1. The highest BCUT2D eigenvalue weighted by atomic mass is 35.5. The highest BCUT2D eigenvalue weighted by molar-refractivity contribution is 6.31. The molecule has 1 N–H and O–H groups in total. The van der Waals surface area contributed by atoms with Gasteiger partial charge in [-0.3, -0.25) is 9.78 Å². The van der Waals surface area contributed by atoms with Gasteiger partial charge in [0.05, 0.1) is 27.4 Å². The summed E-state index contributed by atoms with van der Waals surface area (Å²) in [5.41, 5.74) is -2.37. The third kappa shape index (κ3) is 4.88. The van der Waals surface area contributed by atoms with Gasteiger partial charge in [-0.1, -0.05) is 36.6 Å². The van der Waals surface area contributed by atoms with Gasteiger partial charge in [0.1, 0.15) is 0 Å². The molecular formula is C20H17ClF6N2O. The minimum absolute atomic E-state index is 0.188. The Morgan fingerprint density at radius 3 is 2.33 bits per heavy atom. The van der Waals surface area contributed by atoms with E-state index < -0.39 is 46.9 Å². The fourth-order valence-corrected chi connectivity index (χ4v) is 3.99. The average molecular weight is 451 g/mol. The lowest BCUT2D eigenvalue weighted by atomic mass is 9.81. The summed E-state index contributed by atoms with van der Waals surface area (Å²) >= 11 is 6.05. The van der Waals surface area contributed by atoms with E-state index in [9.17, 15) is 31.1 Å². The number of nitrogens with one attached hydrogen (secondary N) is 1. The van der Waals surface area contributed by atoms with Gasteiger partial charge in [-0.2, -0.15) is 26.3 Å². The number of halogens is 7. The van der Waals surface area contributed by atoms with Gasteiger partial charge in [0, 0.05) is 18.2 Å². The minimum atomic E-state index is -4.70. The van der Waals surface area contributed by atoms with Gasteiger partial charge >= 0.3 is 12.4 Å². The van der Waals surface area contributed by atoms with Gasteiger partial charge in [-0.25, -0.2) is 0 Å². The number of aromatic nitrogens is 1. The van der Waals surface area contributed by atoms with Gasteiger partial charge in [0.25, 0.3) is 5.91 Å². The minimum Gasteiger partial charge on any atom is -0.349 e. The molecule has 0 aliphatic heterocycles. The molecule has 2 aromatic rings. The second-order valence-corrected chi connectivity index (χ2v) is 7.51. The Bertz CT molecular complexity index is 928. The Hall–Kier alpha value is -2.29. The zero-order valence-corrected chi connectivity index (χ0v) is 16.2. The Morgan fingerprint density at radius 1 is 1.03 bits per heavy atom. The van der Waals surface area contributed by atoms with E-state index in [0.29, 0.717) is 25.5 Å². The van der Waals surface area contributed by atoms with E-state index in [0.717, 1.165) is 24.6 Å². The first-order valence-electron chi connectivity index (χ1n) is 9.18. The predicted octanol–water partition coefficient (Wildman–Crippen LogP) is 6.23. The molecule has 1 aliphatic rings. The lowest BCUT2D eigenvalue weighted by molar-refractivity contribution is -0.138. The van der Waals surface area contributed by atoms with E-state index in [1.54, 1.807) is 0 Å². The molecule has 1 heterocycles. The van der Waals surface area contributed by atoms with Crippen LogP contribution in [-0.2, 0) is 12.4 Å². The number of amides is 1. The first kappa shape index (κ1) is 22.4. The molecule has 0 spiro atoms. The van der Waals surface area contributed by atoms with E-state index >= 15 is 0 Å². The first-order chi connectivity index (χ1) is 14.0. The number of hydrogen-bond acceptors (Lipinski definition) is 2. The fraction of sp³-hybridized carbons (Fsp3) is 0.400. The summed E-state index contributed by atoms with van der Waals surface area (Å²) in [6.45, 7) is 0. The fourth-order valence-electron chi connectivity index (χ4n) is 3.68. The maximum Gasteiger partial charge on any atom is 0.417 e. The van der Waals surface area contributed by atoms with Crippen molar-refractivity contribution >= 4 is 17.5 Å². The summed E-state index contributed by atoms with van der Waals surface area (Å²) in [5, 5.41) is 2.42. The van der Waals surface area contributed by atoms with Gasteiger partial charge in [0.15, 0.2) is 0 Å². The molecule has 1 saturated carbocycles. The maximum absolute atomic E-state index is 13.2. The number of carbonyl (C=O) groups excluding carboxylic acids is 1. The molecule has 0 bridgehead atoms. The van der Waals surface area contributed by atoms with Crippen molar-refractivity contribution in [3.63, 3.8) is 0 Å². The predicted molar refractivity (Wildman–Crippen MR) is 98.2 cm³/mol. The third-order valence-corrected chi connectivity index (χ3v) is 5.41. The molecule has 30 heavy (non-hydrogen) atoms. The van der Waals surface area contributed by atoms with Crippen molar-refractivity contribution in [2.24, 2.45) is 0 Å². The van der Waals surface area contributed by atoms with Crippen LogP contribution in [0.2, 0.25) is 5.02 Å². The molecule has 1 amide bonds. The second-order valence-electron chi connectivity index (χ2n) is 7.10. The molecule has 1 fully saturated rings. The van der Waals surface area contributed by atoms with Crippen LogP contribution in [-0.4, -0.2) is 16.9 Å². The molecule has 3 rings (SSSR count). The van der Waals surface area contributed by atoms with Gasteiger partial charge in [-0.15, -0.1) is 0 Å². The van der Waals surface area contributed by atoms with E-state index in [2.05, 4.69) is 10.3 Å². The van der Waals surface area contributed by atoms with E-state index in [4.69, 9.17) is 11.6 Å². The standard InChI is InChI=1S/C20H17ClF6N2O/c21-15-9-11(19(22,23)24)10-28-17(15)13-6-2-4-8-16(13)29-18(30)12-5-1-3-7-14(12)20(25,26)27/h1,3,5,7,9-10,13,16H,2,4,6,8H2,(H,29,30)/t13-,16+/m1/s1. The van der Waals surface area contributed by atoms with Crippen LogP contribution in [0, 0.1) is 0 Å². The number of alkyl halides is 6. The van der Waals surface area contributed by atoms with Crippen LogP contribution in [0.5, 0.6) is 0 Å². The van der Waals surface area contributed by atoms with Crippen LogP contribution in [0.15, 0.2) is 36.5 Å². The molecule has 10 heteroatoms. The van der Waals surface area contributed by atoms with Crippen molar-refractivity contribution in [1.29, 1.82) is 0 Å². The summed E-state index contributed by atoms with van der Waals surface area (Å²) in [7, 11) is 0. The molecule has 0 radical (unpaired) electrons. The third-order valence-electron chi connectivity index (χ3n) is 5.11. The van der Waals surface area contributed by atoms with Gasteiger partial charge < -0.3 is 5.32 Å². The van der Waals surface area contributed by atoms with Crippen LogP contribution in [0.25, 0.3) is 0 Å².